The van der Waals surface area contributed by atoms with Crippen LogP contribution in [-0.2, 0) is 22.4 Å². The van der Waals surface area contributed by atoms with E-state index in [0.717, 1.165) is 19.3 Å². The highest BCUT2D eigenvalue weighted by Crippen LogP contribution is 2.22. The molecular formula is C19H21NO4. The van der Waals surface area contributed by atoms with E-state index in [2.05, 4.69) is 0 Å². The van der Waals surface area contributed by atoms with Crippen molar-refractivity contribution in [3.63, 3.8) is 0 Å². The number of carbonyl (C=O) groups excluding carboxylic acids is 2. The molecule has 1 aromatic rings. The SMILES string of the molecule is O=C(/C=C/C(=O)N1CCC[C@H]1C(=O)O)c1ccc2c(c1)CCCC2. The van der Waals surface area contributed by atoms with E-state index in [1.54, 1.807) is 6.07 Å². The molecule has 1 heterocycles. The second kappa shape index (κ2) is 6.99. The lowest BCUT2D eigenvalue weighted by atomic mass is 9.90. The third kappa shape index (κ3) is 3.40. The number of benzene rings is 1. The molecule has 0 spiro atoms. The lowest BCUT2D eigenvalue weighted by Crippen LogP contribution is -2.39. The van der Waals surface area contributed by atoms with Crippen molar-refractivity contribution in [1.29, 1.82) is 0 Å². The van der Waals surface area contributed by atoms with Crippen molar-refractivity contribution >= 4 is 17.7 Å². The molecule has 1 N–H and O–H groups in total. The molecule has 1 saturated heterocycles. The first-order valence-corrected chi connectivity index (χ1v) is 8.44. The van der Waals surface area contributed by atoms with Crippen molar-refractivity contribution in [2.24, 2.45) is 0 Å². The highest BCUT2D eigenvalue weighted by atomic mass is 16.4. The van der Waals surface area contributed by atoms with Crippen LogP contribution in [0.4, 0.5) is 0 Å². The number of aliphatic carboxylic acids is 1. The second-order valence-corrected chi connectivity index (χ2v) is 6.42. The smallest absolute Gasteiger partial charge is 0.326 e. The van der Waals surface area contributed by atoms with Gasteiger partial charge in [0.2, 0.25) is 5.91 Å². The monoisotopic (exact) mass is 327 g/mol. The van der Waals surface area contributed by atoms with E-state index < -0.39 is 17.9 Å². The Morgan fingerprint density at radius 3 is 2.54 bits per heavy atom. The third-order valence-electron chi connectivity index (χ3n) is 4.83. The molecule has 1 aliphatic carbocycles. The van der Waals surface area contributed by atoms with Gasteiger partial charge in [0.1, 0.15) is 6.04 Å². The number of hydrogen-bond donors (Lipinski definition) is 1. The fourth-order valence-corrected chi connectivity index (χ4v) is 3.51. The summed E-state index contributed by atoms with van der Waals surface area (Å²) in [5.74, 6) is -1.62. The molecule has 5 heteroatoms. The Morgan fingerprint density at radius 1 is 1.04 bits per heavy atom. The maximum absolute atomic E-state index is 12.3. The van der Waals surface area contributed by atoms with Crippen molar-refractivity contribution < 1.29 is 19.5 Å². The van der Waals surface area contributed by atoms with Gasteiger partial charge < -0.3 is 10.0 Å². The summed E-state index contributed by atoms with van der Waals surface area (Å²) < 4.78 is 0. The molecule has 5 nitrogen and oxygen atoms in total. The normalized spacial score (nSPS) is 20.2. The van der Waals surface area contributed by atoms with Gasteiger partial charge in [0.25, 0.3) is 0 Å². The molecule has 0 radical (unpaired) electrons. The summed E-state index contributed by atoms with van der Waals surface area (Å²) in [5, 5.41) is 9.12. The molecule has 0 unspecified atom stereocenters. The summed E-state index contributed by atoms with van der Waals surface area (Å²) in [6, 6.07) is 4.94. The van der Waals surface area contributed by atoms with Crippen LogP contribution in [0.5, 0.6) is 0 Å². The lowest BCUT2D eigenvalue weighted by molar-refractivity contribution is -0.146. The number of nitrogens with zero attached hydrogens (tertiary/aromatic N) is 1. The van der Waals surface area contributed by atoms with Crippen LogP contribution in [0, 0.1) is 0 Å². The number of fused-ring (bicyclic) bond motifs is 1. The zero-order chi connectivity index (χ0) is 17.1. The third-order valence-corrected chi connectivity index (χ3v) is 4.83. The van der Waals surface area contributed by atoms with E-state index in [4.69, 9.17) is 5.11 Å². The summed E-state index contributed by atoms with van der Waals surface area (Å²) in [5.41, 5.74) is 3.10. The Bertz CT molecular complexity index is 707. The quantitative estimate of drug-likeness (QED) is 0.680. The van der Waals surface area contributed by atoms with E-state index in [1.807, 2.05) is 12.1 Å². The molecule has 126 valence electrons. The molecule has 1 amide bonds. The highest BCUT2D eigenvalue weighted by molar-refractivity contribution is 6.08. The van der Waals surface area contributed by atoms with Crippen LogP contribution in [0.15, 0.2) is 30.4 Å². The van der Waals surface area contributed by atoms with Crippen LogP contribution < -0.4 is 0 Å². The number of hydrogen-bond acceptors (Lipinski definition) is 3. The van der Waals surface area contributed by atoms with Gasteiger partial charge in [-0.15, -0.1) is 0 Å². The van der Waals surface area contributed by atoms with Crippen molar-refractivity contribution in [2.75, 3.05) is 6.54 Å². The van der Waals surface area contributed by atoms with Crippen LogP contribution in [0.1, 0.15) is 47.2 Å². The van der Waals surface area contributed by atoms with E-state index in [0.29, 0.717) is 24.9 Å². The van der Waals surface area contributed by atoms with Crippen LogP contribution >= 0.6 is 0 Å². The number of rotatable bonds is 4. The average Bonchev–Trinajstić information content (AvgIpc) is 3.09. The highest BCUT2D eigenvalue weighted by Gasteiger charge is 2.32. The van der Waals surface area contributed by atoms with E-state index in [-0.39, 0.29) is 5.78 Å². The minimum atomic E-state index is -0.990. The van der Waals surface area contributed by atoms with Gasteiger partial charge >= 0.3 is 5.97 Å². The minimum Gasteiger partial charge on any atom is -0.480 e. The van der Waals surface area contributed by atoms with Crippen molar-refractivity contribution in [2.45, 2.75) is 44.6 Å². The first-order valence-electron chi connectivity index (χ1n) is 8.44. The maximum atomic E-state index is 12.3. The Hall–Kier alpha value is -2.43. The van der Waals surface area contributed by atoms with Gasteiger partial charge in [0.15, 0.2) is 5.78 Å². The number of carbonyl (C=O) groups is 3. The average molecular weight is 327 g/mol. The Kier molecular flexibility index (Phi) is 4.79. The van der Waals surface area contributed by atoms with Gasteiger partial charge in [-0.1, -0.05) is 12.1 Å². The number of aryl methyl sites for hydroxylation is 2. The van der Waals surface area contributed by atoms with Gasteiger partial charge in [-0.25, -0.2) is 4.79 Å². The van der Waals surface area contributed by atoms with Crippen LogP contribution in [-0.4, -0.2) is 40.3 Å². The summed E-state index contributed by atoms with van der Waals surface area (Å²) in [7, 11) is 0. The number of likely N-dealkylation sites (tertiary alicyclic amines) is 1. The molecular weight excluding hydrogens is 306 g/mol. The predicted octanol–water partition coefficient (Wildman–Crippen LogP) is 2.38. The maximum Gasteiger partial charge on any atom is 0.326 e. The zero-order valence-corrected chi connectivity index (χ0v) is 13.5. The van der Waals surface area contributed by atoms with Gasteiger partial charge in [0.05, 0.1) is 0 Å². The molecule has 0 saturated carbocycles. The van der Waals surface area contributed by atoms with E-state index in [1.165, 1.54) is 34.6 Å². The van der Waals surface area contributed by atoms with E-state index in [9.17, 15) is 14.4 Å². The van der Waals surface area contributed by atoms with Crippen LogP contribution in [0.3, 0.4) is 0 Å². The summed E-state index contributed by atoms with van der Waals surface area (Å²) in [6.07, 6.45) is 7.98. The molecule has 1 atom stereocenters. The number of ketones is 1. The van der Waals surface area contributed by atoms with Gasteiger partial charge in [-0.3, -0.25) is 9.59 Å². The summed E-state index contributed by atoms with van der Waals surface area (Å²) >= 11 is 0. The second-order valence-electron chi connectivity index (χ2n) is 6.42. The molecule has 1 aliphatic heterocycles. The Balaban J connectivity index is 1.69. The molecule has 1 fully saturated rings. The number of amides is 1. The molecule has 2 aliphatic rings. The fraction of sp³-hybridized carbons (Fsp3) is 0.421. The van der Waals surface area contributed by atoms with Crippen LogP contribution in [0.25, 0.3) is 0 Å². The number of carboxylic acids is 1. The van der Waals surface area contributed by atoms with E-state index >= 15 is 0 Å². The van der Waals surface area contributed by atoms with Gasteiger partial charge in [0, 0.05) is 18.2 Å². The Labute approximate surface area is 141 Å². The summed E-state index contributed by atoms with van der Waals surface area (Å²) in [4.78, 5) is 36.9. The topological polar surface area (TPSA) is 74.7 Å². The molecule has 0 aromatic heterocycles. The molecule has 24 heavy (non-hydrogen) atoms. The van der Waals surface area contributed by atoms with Gasteiger partial charge in [-0.2, -0.15) is 0 Å². The Morgan fingerprint density at radius 2 is 1.79 bits per heavy atom. The molecule has 1 aromatic carbocycles. The first kappa shape index (κ1) is 16.4. The lowest BCUT2D eigenvalue weighted by Gasteiger charge is -2.19. The predicted molar refractivity (Wildman–Crippen MR) is 88.9 cm³/mol. The summed E-state index contributed by atoms with van der Waals surface area (Å²) in [6.45, 7) is 0.424. The largest absolute Gasteiger partial charge is 0.480 e. The first-order chi connectivity index (χ1) is 11.6. The fourth-order valence-electron chi connectivity index (χ4n) is 3.51. The van der Waals surface area contributed by atoms with Crippen LogP contribution in [0.2, 0.25) is 0 Å². The molecule has 3 rings (SSSR count). The standard InChI is InChI=1S/C19H21NO4/c21-17(15-8-7-13-4-1-2-5-14(13)12-15)9-10-18(22)20-11-3-6-16(20)19(23)24/h7-10,12,16H,1-6,11H2,(H,23,24)/b10-9+/t16-/m0/s1. The van der Waals surface area contributed by atoms with Crippen molar-refractivity contribution in [3.05, 3.63) is 47.0 Å². The van der Waals surface area contributed by atoms with Crippen molar-refractivity contribution in [3.8, 4) is 0 Å². The zero-order valence-electron chi connectivity index (χ0n) is 13.5. The number of allylic oxidation sites excluding steroid dienone is 1. The number of carboxylic acid groups (broad SMARTS) is 1. The minimum absolute atomic E-state index is 0.220. The van der Waals surface area contributed by atoms with Gasteiger partial charge in [-0.05, 0) is 61.8 Å². The van der Waals surface area contributed by atoms with Crippen molar-refractivity contribution in [1.82, 2.24) is 4.90 Å². The molecule has 0 bridgehead atoms.